The number of rotatable bonds is 4. The molecule has 0 aliphatic heterocycles. The predicted molar refractivity (Wildman–Crippen MR) is 64.4 cm³/mol. The molecular weight excluding hydrogens is 418 g/mol. The molecule has 0 bridgehead atoms. The average molecular weight is 430 g/mol. The summed E-state index contributed by atoms with van der Waals surface area (Å²) in [5.74, 6) is 0. The molecule has 0 saturated carbocycles. The second-order valence-electron chi connectivity index (χ2n) is 2.45. The second kappa shape index (κ2) is 7.85. The summed E-state index contributed by atoms with van der Waals surface area (Å²) in [4.78, 5) is 3.95. The number of hydrogen-bond acceptors (Lipinski definition) is 2. The monoisotopic (exact) mass is 430 g/mol. The van der Waals surface area contributed by atoms with Crippen LogP contribution in [0, 0.1) is 0 Å². The molecule has 2 N–H and O–H groups in total. The SMILES string of the molecule is C=C/C(I)=C(\C=C/NC)n1cnc[nH+]1.[I-]. The maximum Gasteiger partial charge on any atom is 0.304 e. The lowest BCUT2D eigenvalue weighted by molar-refractivity contribution is -0.473. The molecule has 0 aromatic carbocycles. The molecule has 0 unspecified atom stereocenters. The maximum atomic E-state index is 3.95. The van der Waals surface area contributed by atoms with Gasteiger partial charge in [-0.3, -0.25) is 0 Å². The van der Waals surface area contributed by atoms with Crippen molar-refractivity contribution in [2.45, 2.75) is 0 Å². The van der Waals surface area contributed by atoms with E-state index in [0.29, 0.717) is 0 Å². The van der Waals surface area contributed by atoms with Crippen molar-refractivity contribution in [1.82, 2.24) is 15.0 Å². The van der Waals surface area contributed by atoms with Gasteiger partial charge in [-0.25, -0.2) is 0 Å². The summed E-state index contributed by atoms with van der Waals surface area (Å²) in [7, 11) is 1.85. The van der Waals surface area contributed by atoms with E-state index in [2.05, 4.69) is 44.6 Å². The lowest BCUT2D eigenvalue weighted by atomic mass is 10.4. The van der Waals surface area contributed by atoms with Gasteiger partial charge in [0.15, 0.2) is 0 Å². The quantitative estimate of drug-likeness (QED) is 0.454. The number of halogens is 2. The third kappa shape index (κ3) is 4.33. The minimum Gasteiger partial charge on any atom is -1.00 e. The molecule has 0 aliphatic carbocycles. The van der Waals surface area contributed by atoms with Crippen LogP contribution in [0.2, 0.25) is 0 Å². The average Bonchev–Trinajstić information content (AvgIpc) is 2.71. The maximum absolute atomic E-state index is 3.95. The van der Waals surface area contributed by atoms with Gasteiger partial charge in [0.2, 0.25) is 6.33 Å². The number of allylic oxidation sites excluding steroid dienone is 4. The van der Waals surface area contributed by atoms with Crippen LogP contribution in [-0.4, -0.2) is 16.7 Å². The van der Waals surface area contributed by atoms with E-state index >= 15 is 0 Å². The van der Waals surface area contributed by atoms with Gasteiger partial charge in [-0.15, -0.1) is 4.68 Å². The highest BCUT2D eigenvalue weighted by molar-refractivity contribution is 14.1. The number of nitrogens with zero attached hydrogens (tertiary/aromatic N) is 2. The van der Waals surface area contributed by atoms with E-state index < -0.39 is 0 Å². The molecule has 82 valence electrons. The van der Waals surface area contributed by atoms with Crippen LogP contribution >= 0.6 is 22.6 Å². The van der Waals surface area contributed by atoms with E-state index in [1.807, 2.05) is 24.0 Å². The fourth-order valence-corrected chi connectivity index (χ4v) is 1.34. The lowest BCUT2D eigenvalue weighted by Crippen LogP contribution is -3.00. The Morgan fingerprint density at radius 3 is 2.87 bits per heavy atom. The van der Waals surface area contributed by atoms with Crippen molar-refractivity contribution in [1.29, 1.82) is 0 Å². The Kier molecular flexibility index (Phi) is 7.65. The third-order valence-electron chi connectivity index (χ3n) is 1.54. The van der Waals surface area contributed by atoms with Crippen LogP contribution in [0.15, 0.2) is 41.2 Å². The fourth-order valence-electron chi connectivity index (χ4n) is 0.902. The van der Waals surface area contributed by atoms with Gasteiger partial charge in [0, 0.05) is 10.6 Å². The van der Waals surface area contributed by atoms with E-state index in [-0.39, 0.29) is 24.0 Å². The molecule has 0 fully saturated rings. The van der Waals surface area contributed by atoms with Crippen molar-refractivity contribution >= 4 is 28.3 Å². The first-order chi connectivity index (χ1) is 6.79. The molecule has 1 rings (SSSR count). The first-order valence-electron chi connectivity index (χ1n) is 4.06. The van der Waals surface area contributed by atoms with Crippen LogP contribution in [0.5, 0.6) is 0 Å². The Morgan fingerprint density at radius 1 is 1.67 bits per heavy atom. The van der Waals surface area contributed by atoms with E-state index in [1.54, 1.807) is 18.7 Å². The summed E-state index contributed by atoms with van der Waals surface area (Å²) in [5.41, 5.74) is 0.993. The van der Waals surface area contributed by atoms with Gasteiger partial charge < -0.3 is 29.3 Å². The van der Waals surface area contributed by atoms with Gasteiger partial charge in [-0.1, -0.05) is 12.7 Å². The van der Waals surface area contributed by atoms with Gasteiger partial charge in [0.25, 0.3) is 0 Å². The predicted octanol–water partition coefficient (Wildman–Crippen LogP) is -1.78. The summed E-state index contributed by atoms with van der Waals surface area (Å²) >= 11 is 2.22. The number of H-pyrrole nitrogens is 1. The lowest BCUT2D eigenvalue weighted by Gasteiger charge is -2.00. The highest BCUT2D eigenvalue weighted by atomic mass is 127. The van der Waals surface area contributed by atoms with E-state index in [4.69, 9.17) is 0 Å². The van der Waals surface area contributed by atoms with Crippen LogP contribution in [-0.2, 0) is 0 Å². The van der Waals surface area contributed by atoms with E-state index in [9.17, 15) is 0 Å². The van der Waals surface area contributed by atoms with Gasteiger partial charge in [-0.2, -0.15) is 5.10 Å². The van der Waals surface area contributed by atoms with Gasteiger partial charge in [0.05, 0.1) is 0 Å². The van der Waals surface area contributed by atoms with E-state index in [0.717, 1.165) is 9.28 Å². The van der Waals surface area contributed by atoms with Gasteiger partial charge in [-0.05, 0) is 39.9 Å². The molecule has 0 aliphatic rings. The first-order valence-corrected chi connectivity index (χ1v) is 5.14. The Hall–Kier alpha value is -0.380. The molecule has 1 heterocycles. The summed E-state index contributed by atoms with van der Waals surface area (Å²) in [6.45, 7) is 3.73. The molecule has 0 saturated heterocycles. The van der Waals surface area contributed by atoms with Gasteiger partial charge >= 0.3 is 6.33 Å². The van der Waals surface area contributed by atoms with Crippen molar-refractivity contribution in [3.05, 3.63) is 41.2 Å². The molecule has 0 radical (unpaired) electrons. The Bertz CT molecular complexity index is 354. The number of hydrogen-bond donors (Lipinski definition) is 1. The standard InChI is InChI=1S/C9H11IN4.HI/c1-3-8(10)9(4-5-11-2)14-7-12-6-13-14;/h3-7,11H,1H2,2H3;1H/b5-4-,9-8-;. The fraction of sp³-hybridized carbons (Fsp3) is 0.111. The van der Waals surface area contributed by atoms with Crippen molar-refractivity contribution < 1.29 is 29.1 Å². The van der Waals surface area contributed by atoms with Crippen LogP contribution in [0.4, 0.5) is 0 Å². The van der Waals surface area contributed by atoms with Crippen LogP contribution in [0.25, 0.3) is 5.70 Å². The number of aromatic nitrogens is 3. The van der Waals surface area contributed by atoms with Crippen molar-refractivity contribution in [2.75, 3.05) is 7.05 Å². The zero-order valence-electron chi connectivity index (χ0n) is 8.24. The van der Waals surface area contributed by atoms with E-state index in [1.165, 1.54) is 0 Å². The Morgan fingerprint density at radius 2 is 2.40 bits per heavy atom. The Balaban J connectivity index is 0.00000196. The molecule has 15 heavy (non-hydrogen) atoms. The van der Waals surface area contributed by atoms with Crippen molar-refractivity contribution in [3.8, 4) is 0 Å². The molecule has 0 amide bonds. The number of nitrogens with one attached hydrogen (secondary N) is 2. The molecule has 1 aromatic rings. The zero-order valence-corrected chi connectivity index (χ0v) is 12.6. The van der Waals surface area contributed by atoms with Crippen molar-refractivity contribution in [3.63, 3.8) is 0 Å². The minimum atomic E-state index is 0. The smallest absolute Gasteiger partial charge is 0.304 e. The normalized spacial score (nSPS) is 11.9. The first kappa shape index (κ1) is 14.6. The summed E-state index contributed by atoms with van der Waals surface area (Å²) in [6, 6.07) is 0. The third-order valence-corrected chi connectivity index (χ3v) is 2.54. The minimum absolute atomic E-state index is 0. The van der Waals surface area contributed by atoms with Crippen LogP contribution in [0.3, 0.4) is 0 Å². The largest absolute Gasteiger partial charge is 1.00 e. The van der Waals surface area contributed by atoms with Crippen LogP contribution in [0.1, 0.15) is 0 Å². The highest BCUT2D eigenvalue weighted by Gasteiger charge is 2.04. The molecule has 0 atom stereocenters. The number of aromatic amines is 1. The van der Waals surface area contributed by atoms with Crippen molar-refractivity contribution in [2.24, 2.45) is 0 Å². The highest BCUT2D eigenvalue weighted by Crippen LogP contribution is 2.17. The molecule has 0 spiro atoms. The summed E-state index contributed by atoms with van der Waals surface area (Å²) in [6.07, 6.45) is 8.93. The second-order valence-corrected chi connectivity index (χ2v) is 3.61. The zero-order chi connectivity index (χ0) is 10.4. The van der Waals surface area contributed by atoms with Crippen LogP contribution < -0.4 is 34.4 Å². The summed E-state index contributed by atoms with van der Waals surface area (Å²) < 4.78 is 2.86. The van der Waals surface area contributed by atoms with Gasteiger partial charge in [0.1, 0.15) is 5.70 Å². The summed E-state index contributed by atoms with van der Waals surface area (Å²) in [5, 5.41) is 5.92. The molecule has 1 aromatic heterocycles. The molecule has 6 heteroatoms. The molecular formula is C9H12I2N4. The molecule has 4 nitrogen and oxygen atoms in total. The topological polar surface area (TPSA) is 44.0 Å². The Labute approximate surface area is 120 Å².